The quantitative estimate of drug-likeness (QED) is 0.764. The van der Waals surface area contributed by atoms with Crippen LogP contribution in [0.4, 0.5) is 0 Å². The molecular weight excluding hydrogens is 204 g/mol. The van der Waals surface area contributed by atoms with E-state index in [1.807, 2.05) is 0 Å². The minimum Gasteiger partial charge on any atom is -0.396 e. The highest BCUT2D eigenvalue weighted by Crippen LogP contribution is 2.54. The molecule has 2 rings (SSSR count). The van der Waals surface area contributed by atoms with Gasteiger partial charge in [0.25, 0.3) is 0 Å². The second-order valence-electron chi connectivity index (χ2n) is 5.41. The van der Waals surface area contributed by atoms with Gasteiger partial charge in [-0.25, -0.2) is 0 Å². The van der Waals surface area contributed by atoms with E-state index in [1.165, 1.54) is 0 Å². The van der Waals surface area contributed by atoms with Crippen LogP contribution in [0.15, 0.2) is 0 Å². The summed E-state index contributed by atoms with van der Waals surface area (Å²) < 4.78 is 0. The monoisotopic (exact) mass is 226 g/mol. The molecule has 0 aromatic carbocycles. The van der Waals surface area contributed by atoms with Gasteiger partial charge in [0.05, 0.1) is 0 Å². The summed E-state index contributed by atoms with van der Waals surface area (Å²) in [6.45, 7) is 0.321. The summed E-state index contributed by atoms with van der Waals surface area (Å²) in [6, 6.07) is 0. The Labute approximate surface area is 96.9 Å². The second-order valence-corrected chi connectivity index (χ2v) is 5.41. The van der Waals surface area contributed by atoms with Crippen molar-refractivity contribution >= 4 is 5.78 Å². The molecule has 2 fully saturated rings. The molecule has 0 radical (unpaired) electrons. The minimum atomic E-state index is -0.186. The van der Waals surface area contributed by atoms with Crippen molar-refractivity contribution in [2.75, 3.05) is 13.2 Å². The summed E-state index contributed by atoms with van der Waals surface area (Å²) in [5, 5.41) is 18.3. The van der Waals surface area contributed by atoms with Crippen molar-refractivity contribution in [3.05, 3.63) is 0 Å². The third-order valence-corrected chi connectivity index (χ3v) is 4.64. The average molecular weight is 226 g/mol. The van der Waals surface area contributed by atoms with E-state index in [4.69, 9.17) is 5.11 Å². The van der Waals surface area contributed by atoms with Crippen molar-refractivity contribution in [1.29, 1.82) is 0 Å². The van der Waals surface area contributed by atoms with Gasteiger partial charge in [-0.3, -0.25) is 4.79 Å². The molecule has 3 nitrogen and oxygen atoms in total. The van der Waals surface area contributed by atoms with Crippen LogP contribution in [0.25, 0.3) is 0 Å². The molecule has 0 bridgehead atoms. The first-order chi connectivity index (χ1) is 7.74. The van der Waals surface area contributed by atoms with Crippen LogP contribution in [-0.2, 0) is 4.79 Å². The maximum atomic E-state index is 12.4. The van der Waals surface area contributed by atoms with Gasteiger partial charge in [-0.15, -0.1) is 0 Å². The lowest BCUT2D eigenvalue weighted by Crippen LogP contribution is -2.32. The highest BCUT2D eigenvalue weighted by atomic mass is 16.3. The second kappa shape index (κ2) is 4.84. The summed E-state index contributed by atoms with van der Waals surface area (Å²) in [7, 11) is 0. The molecule has 2 saturated carbocycles. The zero-order chi connectivity index (χ0) is 11.6. The van der Waals surface area contributed by atoms with Crippen molar-refractivity contribution in [3.8, 4) is 0 Å². The van der Waals surface area contributed by atoms with E-state index in [2.05, 4.69) is 0 Å². The van der Waals surface area contributed by atoms with Gasteiger partial charge in [0, 0.05) is 24.5 Å². The molecule has 0 saturated heterocycles. The highest BCUT2D eigenvalue weighted by Gasteiger charge is 2.54. The lowest BCUT2D eigenvalue weighted by atomic mass is 9.75. The molecule has 0 aromatic heterocycles. The van der Waals surface area contributed by atoms with Gasteiger partial charge in [-0.05, 0) is 38.0 Å². The number of carbonyl (C=O) groups is 1. The molecule has 2 aliphatic rings. The number of hydrogen-bond donors (Lipinski definition) is 2. The zero-order valence-electron chi connectivity index (χ0n) is 9.82. The Bertz CT molecular complexity index is 256. The molecule has 1 spiro atoms. The summed E-state index contributed by atoms with van der Waals surface area (Å²) in [4.78, 5) is 12.4. The van der Waals surface area contributed by atoms with Gasteiger partial charge in [-0.1, -0.05) is 12.8 Å². The number of aliphatic hydroxyl groups is 2. The van der Waals surface area contributed by atoms with Crippen LogP contribution in [0.5, 0.6) is 0 Å². The number of ketones is 1. The Morgan fingerprint density at radius 2 is 1.94 bits per heavy atom. The standard InChI is InChI=1S/C13H22O3/c14-7-3-4-10-8-11(9-15)13(12(10)16)5-1-2-6-13/h10-11,14-15H,1-9H2/t10?,11-/m1/s1. The molecule has 0 heterocycles. The van der Waals surface area contributed by atoms with Crippen molar-refractivity contribution < 1.29 is 15.0 Å². The van der Waals surface area contributed by atoms with Gasteiger partial charge in [0.2, 0.25) is 0 Å². The predicted octanol–water partition coefficient (Wildman–Crippen LogP) is 1.52. The van der Waals surface area contributed by atoms with Gasteiger partial charge >= 0.3 is 0 Å². The van der Waals surface area contributed by atoms with Crippen LogP contribution in [0.1, 0.15) is 44.9 Å². The normalized spacial score (nSPS) is 32.8. The molecular formula is C13H22O3. The molecule has 3 heteroatoms. The van der Waals surface area contributed by atoms with E-state index in [0.29, 0.717) is 12.2 Å². The molecule has 16 heavy (non-hydrogen) atoms. The summed E-state index contributed by atoms with van der Waals surface area (Å²) in [5.74, 6) is 0.672. The summed E-state index contributed by atoms with van der Waals surface area (Å²) in [5.41, 5.74) is -0.186. The van der Waals surface area contributed by atoms with E-state index in [1.54, 1.807) is 0 Å². The van der Waals surface area contributed by atoms with Crippen molar-refractivity contribution in [3.63, 3.8) is 0 Å². The first-order valence-electron chi connectivity index (χ1n) is 6.50. The molecule has 0 aliphatic heterocycles. The van der Waals surface area contributed by atoms with Crippen LogP contribution in [-0.4, -0.2) is 29.2 Å². The van der Waals surface area contributed by atoms with E-state index < -0.39 is 0 Å². The lowest BCUT2D eigenvalue weighted by molar-refractivity contribution is -0.130. The number of hydrogen-bond acceptors (Lipinski definition) is 3. The van der Waals surface area contributed by atoms with Crippen LogP contribution in [0, 0.1) is 17.3 Å². The van der Waals surface area contributed by atoms with Crippen molar-refractivity contribution in [2.24, 2.45) is 17.3 Å². The lowest BCUT2D eigenvalue weighted by Gasteiger charge is -2.27. The van der Waals surface area contributed by atoms with Gasteiger partial charge in [0.15, 0.2) is 0 Å². The molecule has 1 unspecified atom stereocenters. The molecule has 92 valence electrons. The fraction of sp³-hybridized carbons (Fsp3) is 0.923. The third-order valence-electron chi connectivity index (χ3n) is 4.64. The SMILES string of the molecule is O=C1C(CCCO)C[C@H](CO)C12CCCC2. The first kappa shape index (κ1) is 12.1. The Morgan fingerprint density at radius 1 is 1.25 bits per heavy atom. The first-order valence-corrected chi connectivity index (χ1v) is 6.50. The van der Waals surface area contributed by atoms with Crippen LogP contribution < -0.4 is 0 Å². The van der Waals surface area contributed by atoms with E-state index >= 15 is 0 Å². The maximum absolute atomic E-state index is 12.4. The van der Waals surface area contributed by atoms with E-state index in [9.17, 15) is 9.90 Å². The largest absolute Gasteiger partial charge is 0.396 e. The molecule has 0 amide bonds. The molecule has 2 aliphatic carbocycles. The highest BCUT2D eigenvalue weighted by molar-refractivity contribution is 5.89. The Kier molecular flexibility index (Phi) is 3.65. The minimum absolute atomic E-state index is 0.0994. The maximum Gasteiger partial charge on any atom is 0.142 e. The van der Waals surface area contributed by atoms with E-state index in [0.717, 1.165) is 38.5 Å². The van der Waals surface area contributed by atoms with Crippen molar-refractivity contribution in [2.45, 2.75) is 44.9 Å². The van der Waals surface area contributed by atoms with E-state index in [-0.39, 0.29) is 30.5 Å². The van der Waals surface area contributed by atoms with Crippen molar-refractivity contribution in [1.82, 2.24) is 0 Å². The Morgan fingerprint density at radius 3 is 2.50 bits per heavy atom. The fourth-order valence-electron chi connectivity index (χ4n) is 3.78. The zero-order valence-corrected chi connectivity index (χ0v) is 9.82. The number of rotatable bonds is 4. The number of carbonyl (C=O) groups excluding carboxylic acids is 1. The van der Waals surface area contributed by atoms with Crippen LogP contribution >= 0.6 is 0 Å². The third kappa shape index (κ3) is 1.80. The molecule has 0 aromatic rings. The van der Waals surface area contributed by atoms with Crippen LogP contribution in [0.3, 0.4) is 0 Å². The number of aliphatic hydroxyl groups excluding tert-OH is 2. The number of Topliss-reactive ketones (excluding diaryl/α,β-unsaturated/α-hetero) is 1. The summed E-state index contributed by atoms with van der Waals surface area (Å²) >= 11 is 0. The summed E-state index contributed by atoms with van der Waals surface area (Å²) in [6.07, 6.45) is 6.58. The topological polar surface area (TPSA) is 57.5 Å². The van der Waals surface area contributed by atoms with Gasteiger partial charge < -0.3 is 10.2 Å². The molecule has 2 N–H and O–H groups in total. The fourth-order valence-corrected chi connectivity index (χ4v) is 3.78. The van der Waals surface area contributed by atoms with Gasteiger partial charge in [0.1, 0.15) is 5.78 Å². The Balaban J connectivity index is 2.09. The smallest absolute Gasteiger partial charge is 0.142 e. The van der Waals surface area contributed by atoms with Gasteiger partial charge in [-0.2, -0.15) is 0 Å². The molecule has 2 atom stereocenters. The Hall–Kier alpha value is -0.410. The average Bonchev–Trinajstić information content (AvgIpc) is 2.87. The van der Waals surface area contributed by atoms with Crippen LogP contribution in [0.2, 0.25) is 0 Å². The predicted molar refractivity (Wildman–Crippen MR) is 60.9 cm³/mol.